The molecule has 0 bridgehead atoms. The van der Waals surface area contributed by atoms with Gasteiger partial charge in [-0.25, -0.2) is 9.59 Å². The molecular weight excluding hydrogens is 368 g/mol. The van der Waals surface area contributed by atoms with Crippen LogP contribution in [0.1, 0.15) is 38.5 Å². The fourth-order valence-electron chi connectivity index (χ4n) is 2.04. The molecule has 0 atom stereocenters. The molecule has 4 amide bonds. The summed E-state index contributed by atoms with van der Waals surface area (Å²) in [5.41, 5.74) is 0. The van der Waals surface area contributed by atoms with E-state index < -0.39 is 35.9 Å². The van der Waals surface area contributed by atoms with Crippen LogP contribution < -0.4 is 0 Å². The van der Waals surface area contributed by atoms with Crippen molar-refractivity contribution >= 4 is 35.9 Å². The second-order valence-corrected chi connectivity index (χ2v) is 5.33. The highest BCUT2D eigenvalue weighted by Gasteiger charge is 2.34. The Labute approximate surface area is 152 Å². The molecular formula is C15H16N2O10. The summed E-state index contributed by atoms with van der Waals surface area (Å²) in [4.78, 5) is 76.5. The molecule has 0 saturated carbocycles. The average Bonchev–Trinajstić information content (AvgIpc) is 3.11. The zero-order valence-electron chi connectivity index (χ0n) is 14.1. The zero-order chi connectivity index (χ0) is 19.8. The summed E-state index contributed by atoms with van der Waals surface area (Å²) in [6.45, 7) is -0.0688. The molecule has 2 aliphatic rings. The van der Waals surface area contributed by atoms with Gasteiger partial charge in [0.05, 0.1) is 12.9 Å². The minimum absolute atomic E-state index is 0.0145. The molecule has 0 aromatic heterocycles. The minimum atomic E-state index is -1.24. The van der Waals surface area contributed by atoms with E-state index in [1.165, 1.54) is 6.08 Å². The highest BCUT2D eigenvalue weighted by atomic mass is 16.8. The number of nitrogens with zero attached hydrogens (tertiary/aromatic N) is 2. The lowest BCUT2D eigenvalue weighted by molar-refractivity contribution is -0.177. The van der Waals surface area contributed by atoms with E-state index in [0.29, 0.717) is 23.0 Å². The summed E-state index contributed by atoms with van der Waals surface area (Å²) in [5, 5.41) is 0.725. The van der Waals surface area contributed by atoms with Crippen LogP contribution in [0.2, 0.25) is 0 Å². The monoisotopic (exact) mass is 384 g/mol. The van der Waals surface area contributed by atoms with E-state index in [-0.39, 0.29) is 32.3 Å². The Morgan fingerprint density at radius 3 is 1.81 bits per heavy atom. The molecule has 2 aliphatic heterocycles. The summed E-state index contributed by atoms with van der Waals surface area (Å²) in [5.74, 6) is -2.47. The van der Waals surface area contributed by atoms with Crippen molar-refractivity contribution in [2.24, 2.45) is 0 Å². The third kappa shape index (κ3) is 5.80. The number of hydroxylamine groups is 4. The number of carbonyl (C=O) groups is 6. The third-order valence-corrected chi connectivity index (χ3v) is 3.34. The number of amides is 4. The van der Waals surface area contributed by atoms with Crippen LogP contribution in [0.5, 0.6) is 0 Å². The molecule has 27 heavy (non-hydrogen) atoms. The molecule has 0 unspecified atom stereocenters. The van der Waals surface area contributed by atoms with E-state index in [9.17, 15) is 28.8 Å². The zero-order valence-corrected chi connectivity index (χ0v) is 14.1. The molecule has 0 aromatic carbocycles. The lowest BCUT2D eigenvalue weighted by Gasteiger charge is -2.12. The molecule has 2 fully saturated rings. The van der Waals surface area contributed by atoms with Crippen LogP contribution in [0.25, 0.3) is 0 Å². The van der Waals surface area contributed by atoms with Gasteiger partial charge in [0, 0.05) is 25.7 Å². The summed E-state index contributed by atoms with van der Waals surface area (Å²) < 4.78 is 9.22. The van der Waals surface area contributed by atoms with E-state index in [2.05, 4.69) is 19.1 Å². The van der Waals surface area contributed by atoms with Crippen LogP contribution in [0, 0.1) is 0 Å². The van der Waals surface area contributed by atoms with Crippen LogP contribution in [0.3, 0.4) is 0 Å². The normalized spacial score (nSPS) is 17.0. The lowest BCUT2D eigenvalue weighted by atomic mass is 10.3. The first kappa shape index (κ1) is 19.9. The fourth-order valence-corrected chi connectivity index (χ4v) is 2.04. The summed E-state index contributed by atoms with van der Waals surface area (Å²) >= 11 is 0. The molecule has 2 rings (SSSR count). The van der Waals surface area contributed by atoms with Crippen molar-refractivity contribution in [2.45, 2.75) is 38.5 Å². The molecule has 12 nitrogen and oxygen atoms in total. The Morgan fingerprint density at radius 2 is 1.30 bits per heavy atom. The van der Waals surface area contributed by atoms with Gasteiger partial charge in [-0.2, -0.15) is 0 Å². The summed E-state index contributed by atoms with van der Waals surface area (Å²) in [7, 11) is 0. The third-order valence-electron chi connectivity index (χ3n) is 3.34. The van der Waals surface area contributed by atoms with Crippen molar-refractivity contribution in [2.75, 3.05) is 6.61 Å². The average molecular weight is 384 g/mol. The van der Waals surface area contributed by atoms with Gasteiger partial charge in [-0.15, -0.1) is 0 Å². The predicted octanol–water partition coefficient (Wildman–Crippen LogP) is 0.715. The van der Waals surface area contributed by atoms with Gasteiger partial charge in [-0.3, -0.25) is 28.9 Å². The Balaban J connectivity index is 1.54. The second-order valence-electron chi connectivity index (χ2n) is 5.33. The Bertz CT molecular complexity index is 654. The van der Waals surface area contributed by atoms with Gasteiger partial charge in [-0.1, -0.05) is 10.1 Å². The van der Waals surface area contributed by atoms with Crippen molar-refractivity contribution in [3.63, 3.8) is 0 Å². The molecule has 0 spiro atoms. The molecule has 0 radical (unpaired) electrons. The van der Waals surface area contributed by atoms with Crippen LogP contribution in [-0.4, -0.2) is 52.7 Å². The first-order chi connectivity index (χ1) is 12.9. The van der Waals surface area contributed by atoms with Crippen molar-refractivity contribution in [1.82, 2.24) is 10.1 Å². The Kier molecular flexibility index (Phi) is 6.86. The molecule has 2 saturated heterocycles. The number of carbonyl (C=O) groups excluding carboxylic acids is 6. The van der Waals surface area contributed by atoms with Gasteiger partial charge in [0.25, 0.3) is 23.6 Å². The van der Waals surface area contributed by atoms with Crippen LogP contribution >= 0.6 is 0 Å². The van der Waals surface area contributed by atoms with Gasteiger partial charge in [0.2, 0.25) is 0 Å². The smallest absolute Gasteiger partial charge is 0.433 e. The topological polar surface area (TPSA) is 146 Å². The molecule has 0 aromatic rings. The van der Waals surface area contributed by atoms with E-state index in [0.717, 1.165) is 6.26 Å². The highest BCUT2D eigenvalue weighted by Crippen LogP contribution is 2.13. The maximum atomic E-state index is 11.3. The number of rotatable bonds is 7. The highest BCUT2D eigenvalue weighted by molar-refractivity contribution is 6.01. The summed E-state index contributed by atoms with van der Waals surface area (Å²) in [6.07, 6.45) is 0.577. The van der Waals surface area contributed by atoms with E-state index in [1.54, 1.807) is 0 Å². The Hall–Kier alpha value is -3.44. The van der Waals surface area contributed by atoms with E-state index in [1.807, 2.05) is 0 Å². The number of imide groups is 2. The number of hydrogen-bond donors (Lipinski definition) is 0. The number of ether oxygens (including phenoxy) is 2. The maximum absolute atomic E-state index is 11.3. The second kappa shape index (κ2) is 9.31. The minimum Gasteiger partial charge on any atom is -0.433 e. The van der Waals surface area contributed by atoms with Crippen molar-refractivity contribution in [1.29, 1.82) is 0 Å². The van der Waals surface area contributed by atoms with Gasteiger partial charge >= 0.3 is 12.3 Å². The van der Waals surface area contributed by atoms with Crippen molar-refractivity contribution < 1.29 is 47.9 Å². The molecule has 12 heteroatoms. The van der Waals surface area contributed by atoms with Crippen LogP contribution in [0.15, 0.2) is 12.3 Å². The number of hydrogen-bond acceptors (Lipinski definition) is 10. The SMILES string of the molecule is O=C(OC=CCCCOC(=O)ON1C(=O)CCC1=O)ON1C(=O)CCC1=O. The summed E-state index contributed by atoms with van der Waals surface area (Å²) in [6, 6.07) is 0. The maximum Gasteiger partial charge on any atom is 0.538 e. The van der Waals surface area contributed by atoms with Crippen molar-refractivity contribution in [3.05, 3.63) is 12.3 Å². The van der Waals surface area contributed by atoms with E-state index in [4.69, 9.17) is 0 Å². The standard InChI is InChI=1S/C15H16N2O10/c18-10-4-5-11(19)16(10)26-14(22)24-8-2-1-3-9-25-15(23)27-17-12(20)6-7-13(17)21/h2,8H,1,3-7,9H2. The predicted molar refractivity (Wildman–Crippen MR) is 80.5 cm³/mol. The van der Waals surface area contributed by atoms with Crippen LogP contribution in [-0.2, 0) is 38.3 Å². The largest absolute Gasteiger partial charge is 0.538 e. The number of unbranched alkanes of at least 4 members (excludes halogenated alkanes) is 1. The van der Waals surface area contributed by atoms with Gasteiger partial charge in [0.1, 0.15) is 0 Å². The first-order valence-corrected chi connectivity index (χ1v) is 7.98. The lowest BCUT2D eigenvalue weighted by Crippen LogP contribution is -2.32. The molecule has 0 N–H and O–H groups in total. The van der Waals surface area contributed by atoms with Gasteiger partial charge < -0.3 is 9.47 Å². The van der Waals surface area contributed by atoms with Gasteiger partial charge in [0.15, 0.2) is 0 Å². The van der Waals surface area contributed by atoms with Gasteiger partial charge in [-0.05, 0) is 18.9 Å². The Morgan fingerprint density at radius 1 is 0.815 bits per heavy atom. The fraction of sp³-hybridized carbons (Fsp3) is 0.467. The first-order valence-electron chi connectivity index (χ1n) is 7.98. The number of allylic oxidation sites excluding steroid dienone is 1. The molecule has 146 valence electrons. The van der Waals surface area contributed by atoms with Crippen molar-refractivity contribution in [3.8, 4) is 0 Å². The quantitative estimate of drug-likeness (QED) is 0.266. The molecule has 2 heterocycles. The molecule has 0 aliphatic carbocycles. The van der Waals surface area contributed by atoms with E-state index >= 15 is 0 Å². The van der Waals surface area contributed by atoms with Crippen LogP contribution in [0.4, 0.5) is 9.59 Å².